The highest BCUT2D eigenvalue weighted by atomic mass is 35.5. The minimum Gasteiger partial charge on any atom is -0.341 e. The third-order valence-corrected chi connectivity index (χ3v) is 4.20. The molecule has 0 spiro atoms. The normalized spacial score (nSPS) is 27.9. The van der Waals surface area contributed by atoms with Gasteiger partial charge in [-0.25, -0.2) is 0 Å². The summed E-state index contributed by atoms with van der Waals surface area (Å²) in [7, 11) is 0. The molecule has 1 aliphatic heterocycles. The second kappa shape index (κ2) is 5.37. The van der Waals surface area contributed by atoms with Gasteiger partial charge in [-0.2, -0.15) is 0 Å². The third-order valence-electron chi connectivity index (χ3n) is 4.20. The summed E-state index contributed by atoms with van der Waals surface area (Å²) in [4.78, 5) is 14.4. The predicted octanol–water partition coefficient (Wildman–Crippen LogP) is 1.94. The molecule has 1 saturated carbocycles. The van der Waals surface area contributed by atoms with Crippen LogP contribution in [-0.2, 0) is 4.79 Å². The lowest BCUT2D eigenvalue weighted by Gasteiger charge is -2.31. The van der Waals surface area contributed by atoms with E-state index in [4.69, 9.17) is 5.73 Å². The summed E-state index contributed by atoms with van der Waals surface area (Å²) in [6.07, 6.45) is 6.60. The average Bonchev–Trinajstić information content (AvgIpc) is 2.86. The number of carbonyl (C=O) groups is 1. The number of hydrogen-bond acceptors (Lipinski definition) is 2. The highest BCUT2D eigenvalue weighted by Gasteiger charge is 2.42. The highest BCUT2D eigenvalue weighted by molar-refractivity contribution is 5.85. The molecule has 2 rings (SSSR count). The molecular weight excluding hydrogens is 224 g/mol. The molecule has 2 aliphatic rings. The van der Waals surface area contributed by atoms with Crippen molar-refractivity contribution in [2.24, 2.45) is 11.1 Å². The van der Waals surface area contributed by atoms with Gasteiger partial charge >= 0.3 is 0 Å². The van der Waals surface area contributed by atoms with Crippen LogP contribution in [0.15, 0.2) is 0 Å². The lowest BCUT2D eigenvalue weighted by molar-refractivity contribution is -0.141. The molecule has 1 heterocycles. The molecule has 94 valence electrons. The van der Waals surface area contributed by atoms with E-state index >= 15 is 0 Å². The molecule has 2 N–H and O–H groups in total. The minimum absolute atomic E-state index is 0. The van der Waals surface area contributed by atoms with E-state index in [2.05, 4.69) is 6.92 Å². The maximum Gasteiger partial charge on any atom is 0.228 e. The van der Waals surface area contributed by atoms with E-state index in [0.717, 1.165) is 38.8 Å². The van der Waals surface area contributed by atoms with Crippen molar-refractivity contribution in [3.05, 3.63) is 0 Å². The van der Waals surface area contributed by atoms with E-state index in [1.165, 1.54) is 12.8 Å². The topological polar surface area (TPSA) is 46.3 Å². The van der Waals surface area contributed by atoms with Crippen LogP contribution in [0.4, 0.5) is 0 Å². The van der Waals surface area contributed by atoms with E-state index < -0.39 is 0 Å². The molecule has 1 aliphatic carbocycles. The Morgan fingerprint density at radius 2 is 2.06 bits per heavy atom. The van der Waals surface area contributed by atoms with Crippen molar-refractivity contribution in [3.8, 4) is 0 Å². The van der Waals surface area contributed by atoms with Crippen molar-refractivity contribution in [1.29, 1.82) is 0 Å². The van der Waals surface area contributed by atoms with Crippen LogP contribution in [0.3, 0.4) is 0 Å². The van der Waals surface area contributed by atoms with Crippen molar-refractivity contribution in [1.82, 2.24) is 4.90 Å². The van der Waals surface area contributed by atoms with Crippen molar-refractivity contribution in [3.63, 3.8) is 0 Å². The number of amides is 1. The van der Waals surface area contributed by atoms with Gasteiger partial charge in [0, 0.05) is 24.5 Å². The largest absolute Gasteiger partial charge is 0.341 e. The Kier molecular flexibility index (Phi) is 4.62. The molecule has 16 heavy (non-hydrogen) atoms. The fourth-order valence-electron chi connectivity index (χ4n) is 3.08. The van der Waals surface area contributed by atoms with Gasteiger partial charge in [-0.3, -0.25) is 4.79 Å². The van der Waals surface area contributed by atoms with Gasteiger partial charge in [-0.15, -0.1) is 12.4 Å². The lowest BCUT2D eigenvalue weighted by atomic mass is 9.82. The van der Waals surface area contributed by atoms with Crippen LogP contribution < -0.4 is 5.73 Å². The average molecular weight is 247 g/mol. The molecule has 0 aromatic carbocycles. The second-order valence-electron chi connectivity index (χ2n) is 5.14. The number of likely N-dealkylation sites (tertiary alicyclic amines) is 1. The first-order chi connectivity index (χ1) is 7.18. The molecule has 0 radical (unpaired) electrons. The molecular formula is C12H23ClN2O. The van der Waals surface area contributed by atoms with Crippen LogP contribution in [0.5, 0.6) is 0 Å². The fraction of sp³-hybridized carbons (Fsp3) is 0.917. The standard InChI is InChI=1S/C12H22N2O.ClH/c1-2-12(6-3-4-7-12)11(15)14-8-5-10(13)9-14;/h10H,2-9,13H2,1H3;1H/t10-;/m1./s1. The number of halogens is 1. The molecule has 1 atom stereocenters. The molecule has 2 fully saturated rings. The third kappa shape index (κ3) is 2.35. The van der Waals surface area contributed by atoms with Crippen LogP contribution in [0.1, 0.15) is 45.4 Å². The van der Waals surface area contributed by atoms with Crippen molar-refractivity contribution in [2.45, 2.75) is 51.5 Å². The zero-order valence-corrected chi connectivity index (χ0v) is 10.9. The fourth-order valence-corrected chi connectivity index (χ4v) is 3.08. The summed E-state index contributed by atoms with van der Waals surface area (Å²) in [5.41, 5.74) is 5.83. The maximum atomic E-state index is 12.4. The summed E-state index contributed by atoms with van der Waals surface area (Å²) in [5.74, 6) is 0.385. The van der Waals surface area contributed by atoms with Gasteiger partial charge in [-0.05, 0) is 25.7 Å². The smallest absolute Gasteiger partial charge is 0.228 e. The second-order valence-corrected chi connectivity index (χ2v) is 5.14. The lowest BCUT2D eigenvalue weighted by Crippen LogP contribution is -2.42. The van der Waals surface area contributed by atoms with Gasteiger partial charge < -0.3 is 10.6 Å². The summed E-state index contributed by atoms with van der Waals surface area (Å²) >= 11 is 0. The number of rotatable bonds is 2. The van der Waals surface area contributed by atoms with Crippen molar-refractivity contribution >= 4 is 18.3 Å². The zero-order chi connectivity index (χ0) is 10.9. The molecule has 0 unspecified atom stereocenters. The van der Waals surface area contributed by atoms with Gasteiger partial charge in [-0.1, -0.05) is 19.8 Å². The SMILES string of the molecule is CCC1(C(=O)N2CC[C@@H](N)C2)CCCC1.Cl. The predicted molar refractivity (Wildman–Crippen MR) is 67.6 cm³/mol. The molecule has 0 aromatic heterocycles. The van der Waals surface area contributed by atoms with Crippen LogP contribution in [0.2, 0.25) is 0 Å². The zero-order valence-electron chi connectivity index (χ0n) is 10.1. The van der Waals surface area contributed by atoms with E-state index in [-0.39, 0.29) is 23.9 Å². The number of hydrogen-bond donors (Lipinski definition) is 1. The molecule has 3 nitrogen and oxygen atoms in total. The quantitative estimate of drug-likeness (QED) is 0.810. The Morgan fingerprint density at radius 1 is 1.44 bits per heavy atom. The van der Waals surface area contributed by atoms with Crippen LogP contribution in [0, 0.1) is 5.41 Å². The Bertz CT molecular complexity index is 251. The molecule has 1 amide bonds. The number of nitrogens with two attached hydrogens (primary N) is 1. The number of nitrogens with zero attached hydrogens (tertiary/aromatic N) is 1. The van der Waals surface area contributed by atoms with E-state index in [9.17, 15) is 4.79 Å². The molecule has 0 aromatic rings. The van der Waals surface area contributed by atoms with E-state index in [0.29, 0.717) is 5.91 Å². The van der Waals surface area contributed by atoms with Gasteiger partial charge in [0.25, 0.3) is 0 Å². The number of carbonyl (C=O) groups excluding carboxylic acids is 1. The molecule has 0 bridgehead atoms. The van der Waals surface area contributed by atoms with E-state index in [1.54, 1.807) is 0 Å². The van der Waals surface area contributed by atoms with Crippen molar-refractivity contribution in [2.75, 3.05) is 13.1 Å². The summed E-state index contributed by atoms with van der Waals surface area (Å²) < 4.78 is 0. The van der Waals surface area contributed by atoms with Crippen molar-refractivity contribution < 1.29 is 4.79 Å². The Labute approximate surface area is 104 Å². The van der Waals surface area contributed by atoms with Crippen LogP contribution >= 0.6 is 12.4 Å². The van der Waals surface area contributed by atoms with E-state index in [1.807, 2.05) is 4.90 Å². The summed E-state index contributed by atoms with van der Waals surface area (Å²) in [6.45, 7) is 3.81. The van der Waals surface area contributed by atoms with Crippen LogP contribution in [0.25, 0.3) is 0 Å². The first-order valence-corrected chi connectivity index (χ1v) is 6.23. The monoisotopic (exact) mass is 246 g/mol. The first kappa shape index (κ1) is 13.8. The molecule has 4 heteroatoms. The first-order valence-electron chi connectivity index (χ1n) is 6.23. The minimum atomic E-state index is -0.0237. The maximum absolute atomic E-state index is 12.4. The van der Waals surface area contributed by atoms with Gasteiger partial charge in [0.15, 0.2) is 0 Å². The Morgan fingerprint density at radius 3 is 2.50 bits per heavy atom. The summed E-state index contributed by atoms with van der Waals surface area (Å²) in [6, 6.07) is 0.212. The van der Waals surface area contributed by atoms with Gasteiger partial charge in [0.2, 0.25) is 5.91 Å². The Balaban J connectivity index is 0.00000128. The Hall–Kier alpha value is -0.280. The summed E-state index contributed by atoms with van der Waals surface area (Å²) in [5, 5.41) is 0. The van der Waals surface area contributed by atoms with Crippen LogP contribution in [-0.4, -0.2) is 29.9 Å². The molecule has 1 saturated heterocycles. The van der Waals surface area contributed by atoms with Gasteiger partial charge in [0.05, 0.1) is 0 Å². The van der Waals surface area contributed by atoms with Gasteiger partial charge in [0.1, 0.15) is 0 Å². The highest BCUT2D eigenvalue weighted by Crippen LogP contribution is 2.42.